The van der Waals surface area contributed by atoms with Crippen molar-refractivity contribution in [1.82, 2.24) is 5.32 Å². The molecule has 1 rings (SSSR count). The first-order valence-corrected chi connectivity index (χ1v) is 7.29. The van der Waals surface area contributed by atoms with Gasteiger partial charge in [-0.3, -0.25) is 0 Å². The van der Waals surface area contributed by atoms with Crippen molar-refractivity contribution in [1.29, 1.82) is 0 Å². The molecule has 0 saturated carbocycles. The Morgan fingerprint density at radius 3 is 2.75 bits per heavy atom. The summed E-state index contributed by atoms with van der Waals surface area (Å²) >= 11 is 0. The van der Waals surface area contributed by atoms with Crippen molar-refractivity contribution >= 4 is 5.97 Å². The first kappa shape index (κ1) is 16.6. The highest BCUT2D eigenvalue weighted by Crippen LogP contribution is 2.12. The number of nitrogens with one attached hydrogen (secondary N) is 1. The maximum Gasteiger partial charge on any atom is 0.335 e. The number of carboxylic acids is 1. The van der Waals surface area contributed by atoms with Crippen LogP contribution in [0.2, 0.25) is 0 Å². The Morgan fingerprint density at radius 1 is 1.35 bits per heavy atom. The molecular formula is C16H24FNO2. The predicted octanol–water partition coefficient (Wildman–Crippen LogP) is 3.97. The van der Waals surface area contributed by atoms with Crippen molar-refractivity contribution in [3.8, 4) is 0 Å². The third-order valence-corrected chi connectivity index (χ3v) is 3.42. The molecule has 0 fully saturated rings. The zero-order valence-electron chi connectivity index (χ0n) is 12.3. The normalized spacial score (nSPS) is 12.3. The molecule has 0 amide bonds. The van der Waals surface area contributed by atoms with Gasteiger partial charge in [0.05, 0.1) is 5.56 Å². The monoisotopic (exact) mass is 281 g/mol. The van der Waals surface area contributed by atoms with Crippen LogP contribution in [0, 0.1) is 5.82 Å². The van der Waals surface area contributed by atoms with Crippen molar-refractivity contribution in [3.05, 3.63) is 35.1 Å². The number of benzene rings is 1. The minimum atomic E-state index is -1.03. The number of hydrogen-bond donors (Lipinski definition) is 2. The van der Waals surface area contributed by atoms with Crippen LogP contribution in [0.25, 0.3) is 0 Å². The van der Waals surface area contributed by atoms with Gasteiger partial charge in [-0.15, -0.1) is 0 Å². The van der Waals surface area contributed by atoms with Gasteiger partial charge < -0.3 is 10.4 Å². The maximum absolute atomic E-state index is 13.6. The Morgan fingerprint density at radius 2 is 2.10 bits per heavy atom. The Hall–Kier alpha value is -1.42. The lowest BCUT2D eigenvalue weighted by Crippen LogP contribution is -2.26. The summed E-state index contributed by atoms with van der Waals surface area (Å²) in [5.41, 5.74) is 0.532. The summed E-state index contributed by atoms with van der Waals surface area (Å²) in [5, 5.41) is 12.2. The van der Waals surface area contributed by atoms with Crippen LogP contribution in [0.1, 0.15) is 61.9 Å². The van der Waals surface area contributed by atoms with E-state index in [4.69, 9.17) is 5.11 Å². The van der Waals surface area contributed by atoms with Gasteiger partial charge in [-0.2, -0.15) is 0 Å². The molecule has 0 spiro atoms. The molecule has 112 valence electrons. The SMILES string of the molecule is CCCCCCC(C)NCc1cc(C(=O)O)ccc1F. The lowest BCUT2D eigenvalue weighted by molar-refractivity contribution is 0.0696. The molecular weight excluding hydrogens is 257 g/mol. The molecule has 1 unspecified atom stereocenters. The van der Waals surface area contributed by atoms with Gasteiger partial charge in [-0.1, -0.05) is 32.6 Å². The average Bonchev–Trinajstić information content (AvgIpc) is 2.42. The minimum absolute atomic E-state index is 0.124. The molecule has 0 bridgehead atoms. The van der Waals surface area contributed by atoms with Crippen LogP contribution in [-0.2, 0) is 6.54 Å². The summed E-state index contributed by atoms with van der Waals surface area (Å²) in [6.45, 7) is 4.62. The van der Waals surface area contributed by atoms with Crippen molar-refractivity contribution in [2.45, 2.75) is 58.5 Å². The third-order valence-electron chi connectivity index (χ3n) is 3.42. The van der Waals surface area contributed by atoms with Crippen molar-refractivity contribution in [2.24, 2.45) is 0 Å². The van der Waals surface area contributed by atoms with Gasteiger partial charge in [0, 0.05) is 18.2 Å². The fourth-order valence-electron chi connectivity index (χ4n) is 2.11. The molecule has 1 aromatic rings. The molecule has 0 aromatic heterocycles. The number of carbonyl (C=O) groups is 1. The first-order chi connectivity index (χ1) is 9.54. The summed E-state index contributed by atoms with van der Waals surface area (Å²) in [6, 6.07) is 4.20. The van der Waals surface area contributed by atoms with Gasteiger partial charge in [0.1, 0.15) is 5.82 Å². The Labute approximate surface area is 120 Å². The highest BCUT2D eigenvalue weighted by molar-refractivity contribution is 5.87. The number of rotatable bonds is 9. The van der Waals surface area contributed by atoms with E-state index >= 15 is 0 Å². The zero-order valence-corrected chi connectivity index (χ0v) is 12.3. The van der Waals surface area contributed by atoms with Crippen molar-refractivity contribution in [3.63, 3.8) is 0 Å². The summed E-state index contributed by atoms with van der Waals surface area (Å²) in [7, 11) is 0. The van der Waals surface area contributed by atoms with E-state index in [0.717, 1.165) is 6.42 Å². The zero-order chi connectivity index (χ0) is 15.0. The number of unbranched alkanes of at least 4 members (excludes halogenated alkanes) is 3. The van der Waals surface area contributed by atoms with E-state index in [-0.39, 0.29) is 11.4 Å². The molecule has 4 heteroatoms. The number of carboxylic acid groups (broad SMARTS) is 1. The first-order valence-electron chi connectivity index (χ1n) is 7.29. The van der Waals surface area contributed by atoms with E-state index < -0.39 is 5.97 Å². The van der Waals surface area contributed by atoms with Gasteiger partial charge in [0.2, 0.25) is 0 Å². The van der Waals surface area contributed by atoms with E-state index in [2.05, 4.69) is 19.2 Å². The number of aromatic carboxylic acids is 1. The summed E-state index contributed by atoms with van der Waals surface area (Å²) in [5.74, 6) is -1.39. The minimum Gasteiger partial charge on any atom is -0.478 e. The second kappa shape index (κ2) is 8.69. The van der Waals surface area contributed by atoms with E-state index in [1.807, 2.05) is 0 Å². The van der Waals surface area contributed by atoms with Gasteiger partial charge in [0.25, 0.3) is 0 Å². The van der Waals surface area contributed by atoms with Gasteiger partial charge in [-0.25, -0.2) is 9.18 Å². The summed E-state index contributed by atoms with van der Waals surface area (Å²) in [6.07, 6.45) is 5.92. The molecule has 2 N–H and O–H groups in total. The molecule has 1 atom stereocenters. The molecule has 0 aliphatic carbocycles. The molecule has 0 aliphatic rings. The van der Waals surface area contributed by atoms with E-state index in [1.165, 1.54) is 43.9 Å². The molecule has 0 radical (unpaired) electrons. The van der Waals surface area contributed by atoms with Crippen LogP contribution in [0.15, 0.2) is 18.2 Å². The van der Waals surface area contributed by atoms with Crippen LogP contribution < -0.4 is 5.32 Å². The second-order valence-corrected chi connectivity index (χ2v) is 5.24. The predicted molar refractivity (Wildman–Crippen MR) is 78.4 cm³/mol. The summed E-state index contributed by atoms with van der Waals surface area (Å²) < 4.78 is 13.6. The maximum atomic E-state index is 13.6. The fraction of sp³-hybridized carbons (Fsp3) is 0.562. The van der Waals surface area contributed by atoms with Crippen LogP contribution in [0.5, 0.6) is 0 Å². The highest BCUT2D eigenvalue weighted by atomic mass is 19.1. The fourth-order valence-corrected chi connectivity index (χ4v) is 2.11. The van der Waals surface area contributed by atoms with Crippen LogP contribution in [0.4, 0.5) is 4.39 Å². The van der Waals surface area contributed by atoms with Crippen LogP contribution in [0.3, 0.4) is 0 Å². The smallest absolute Gasteiger partial charge is 0.335 e. The van der Waals surface area contributed by atoms with Gasteiger partial charge in [0.15, 0.2) is 0 Å². The molecule has 1 aromatic carbocycles. The topological polar surface area (TPSA) is 49.3 Å². The molecule has 3 nitrogen and oxygen atoms in total. The Balaban J connectivity index is 2.44. The Kier molecular flexibility index (Phi) is 7.23. The second-order valence-electron chi connectivity index (χ2n) is 5.24. The molecule has 0 saturated heterocycles. The largest absolute Gasteiger partial charge is 0.478 e. The quantitative estimate of drug-likeness (QED) is 0.673. The van der Waals surface area contributed by atoms with Crippen molar-refractivity contribution in [2.75, 3.05) is 0 Å². The van der Waals surface area contributed by atoms with E-state index in [0.29, 0.717) is 18.2 Å². The molecule has 0 heterocycles. The van der Waals surface area contributed by atoms with E-state index in [1.54, 1.807) is 0 Å². The molecule has 0 aliphatic heterocycles. The van der Waals surface area contributed by atoms with Gasteiger partial charge in [-0.05, 0) is 31.5 Å². The lowest BCUT2D eigenvalue weighted by atomic mass is 10.1. The third kappa shape index (κ3) is 5.70. The van der Waals surface area contributed by atoms with Crippen molar-refractivity contribution < 1.29 is 14.3 Å². The number of hydrogen-bond acceptors (Lipinski definition) is 2. The van der Waals surface area contributed by atoms with Crippen LogP contribution >= 0.6 is 0 Å². The number of halogens is 1. The van der Waals surface area contributed by atoms with Gasteiger partial charge >= 0.3 is 5.97 Å². The molecule has 20 heavy (non-hydrogen) atoms. The Bertz CT molecular complexity index is 434. The summed E-state index contributed by atoms with van der Waals surface area (Å²) in [4.78, 5) is 10.9. The van der Waals surface area contributed by atoms with E-state index in [9.17, 15) is 9.18 Å². The lowest BCUT2D eigenvalue weighted by Gasteiger charge is -2.14. The highest BCUT2D eigenvalue weighted by Gasteiger charge is 2.09. The van der Waals surface area contributed by atoms with Crippen LogP contribution in [-0.4, -0.2) is 17.1 Å². The average molecular weight is 281 g/mol. The standard InChI is InChI=1S/C16H24FNO2/c1-3-4-5-6-7-12(2)18-11-14-10-13(16(19)20)8-9-15(14)17/h8-10,12,18H,3-7,11H2,1-2H3,(H,19,20).